The molecule has 51 heavy (non-hydrogen) atoms. The van der Waals surface area contributed by atoms with E-state index in [0.29, 0.717) is 12.2 Å². The van der Waals surface area contributed by atoms with E-state index in [-0.39, 0.29) is 37.3 Å². The van der Waals surface area contributed by atoms with Crippen molar-refractivity contribution in [3.05, 3.63) is 95.6 Å². The second-order valence-corrected chi connectivity index (χ2v) is 15.4. The Morgan fingerprint density at radius 3 is 1.98 bits per heavy atom. The Morgan fingerprint density at radius 1 is 0.843 bits per heavy atom. The number of nitrogens with one attached hydrogen (secondary N) is 3. The zero-order chi connectivity index (χ0) is 37.1. The normalized spacial score (nSPS) is 14.1. The number of rotatable bonds is 16. The van der Waals surface area contributed by atoms with Crippen LogP contribution in [0, 0.1) is 5.92 Å². The number of carbonyl (C=O) groups excluding carboxylic acids is 4. The first-order chi connectivity index (χ1) is 24.3. The van der Waals surface area contributed by atoms with Crippen LogP contribution in [0.5, 0.6) is 0 Å². The van der Waals surface area contributed by atoms with Crippen molar-refractivity contribution in [2.24, 2.45) is 5.92 Å². The molecule has 1 aliphatic carbocycles. The average Bonchev–Trinajstić information content (AvgIpc) is 3.41. The van der Waals surface area contributed by atoms with E-state index in [1.807, 2.05) is 108 Å². The van der Waals surface area contributed by atoms with Gasteiger partial charge in [-0.05, 0) is 79.4 Å². The highest BCUT2D eigenvalue weighted by Gasteiger charge is 2.37. The van der Waals surface area contributed by atoms with Gasteiger partial charge in [0.25, 0.3) is 0 Å². The van der Waals surface area contributed by atoms with Crippen LogP contribution in [-0.4, -0.2) is 82.7 Å². The molecule has 0 aromatic heterocycles. The van der Waals surface area contributed by atoms with Gasteiger partial charge in [0.1, 0.15) is 24.7 Å². The highest BCUT2D eigenvalue weighted by Crippen LogP contribution is 2.44. The van der Waals surface area contributed by atoms with Gasteiger partial charge in [0.2, 0.25) is 17.7 Å². The lowest BCUT2D eigenvalue weighted by Gasteiger charge is -2.34. The van der Waals surface area contributed by atoms with Gasteiger partial charge in [0, 0.05) is 18.0 Å². The SMILES string of the molecule is CSCC[C@H](NC(=O)[C@H](CO)N(Cc1ccccc1)C(=O)[C@H](CC(C)C)NC(=O)OCC1c2ccccc2-c2ccccc21)C(=O)NC(C)(C)C. The van der Waals surface area contributed by atoms with Crippen molar-refractivity contribution in [2.45, 2.75) is 83.6 Å². The van der Waals surface area contributed by atoms with Gasteiger partial charge in [-0.15, -0.1) is 0 Å². The van der Waals surface area contributed by atoms with Crippen LogP contribution in [-0.2, 0) is 25.7 Å². The molecule has 0 saturated heterocycles. The topological polar surface area (TPSA) is 137 Å². The summed E-state index contributed by atoms with van der Waals surface area (Å²) in [5.41, 5.74) is 4.54. The van der Waals surface area contributed by atoms with Crippen LogP contribution in [0.4, 0.5) is 4.79 Å². The molecule has 274 valence electrons. The van der Waals surface area contributed by atoms with Crippen molar-refractivity contribution in [2.75, 3.05) is 25.2 Å². The number of nitrogens with zero attached hydrogens (tertiary/aromatic N) is 1. The van der Waals surface area contributed by atoms with Gasteiger partial charge in [0.05, 0.1) is 6.61 Å². The van der Waals surface area contributed by atoms with Crippen LogP contribution in [0.3, 0.4) is 0 Å². The number of fused-ring (bicyclic) bond motifs is 3. The summed E-state index contributed by atoms with van der Waals surface area (Å²) in [6.45, 7) is 8.80. The Balaban J connectivity index is 1.56. The lowest BCUT2D eigenvalue weighted by atomic mass is 9.98. The van der Waals surface area contributed by atoms with Crippen LogP contribution in [0.25, 0.3) is 11.1 Å². The summed E-state index contributed by atoms with van der Waals surface area (Å²) in [6.07, 6.45) is 1.78. The Kier molecular flexibility index (Phi) is 14.1. The molecule has 11 heteroatoms. The van der Waals surface area contributed by atoms with Crippen LogP contribution in [0.1, 0.15) is 70.1 Å². The third-order valence-electron chi connectivity index (χ3n) is 8.71. The van der Waals surface area contributed by atoms with E-state index < -0.39 is 48.2 Å². The molecule has 0 fully saturated rings. The fraction of sp³-hybridized carbons (Fsp3) is 0.450. The van der Waals surface area contributed by atoms with Gasteiger partial charge in [0.15, 0.2) is 0 Å². The molecule has 0 unspecified atom stereocenters. The van der Waals surface area contributed by atoms with E-state index in [9.17, 15) is 24.3 Å². The van der Waals surface area contributed by atoms with Crippen molar-refractivity contribution in [1.29, 1.82) is 0 Å². The number of alkyl carbamates (subject to hydrolysis) is 1. The number of hydrogen-bond acceptors (Lipinski definition) is 7. The molecule has 0 saturated carbocycles. The fourth-order valence-electron chi connectivity index (χ4n) is 6.35. The molecule has 0 radical (unpaired) electrons. The number of carbonyl (C=O) groups is 4. The van der Waals surface area contributed by atoms with E-state index >= 15 is 0 Å². The molecule has 0 heterocycles. The fourth-order valence-corrected chi connectivity index (χ4v) is 6.82. The smallest absolute Gasteiger partial charge is 0.407 e. The van der Waals surface area contributed by atoms with Crippen LogP contribution in [0.2, 0.25) is 0 Å². The molecular formula is C40H52N4O6S. The quantitative estimate of drug-likeness (QED) is 0.154. The third kappa shape index (κ3) is 10.8. The minimum atomic E-state index is -1.34. The Bertz CT molecular complexity index is 1600. The van der Waals surface area contributed by atoms with Crippen molar-refractivity contribution in [1.82, 2.24) is 20.9 Å². The maximum atomic E-state index is 14.5. The summed E-state index contributed by atoms with van der Waals surface area (Å²) in [7, 11) is 0. The average molecular weight is 717 g/mol. The molecule has 1 aliphatic rings. The van der Waals surface area contributed by atoms with Gasteiger partial charge in [-0.1, -0.05) is 92.7 Å². The summed E-state index contributed by atoms with van der Waals surface area (Å²) in [4.78, 5) is 56.3. The van der Waals surface area contributed by atoms with Crippen molar-refractivity contribution in [3.8, 4) is 11.1 Å². The monoisotopic (exact) mass is 716 g/mol. The Hall–Kier alpha value is -4.35. The molecular weight excluding hydrogens is 665 g/mol. The molecule has 0 aliphatic heterocycles. The number of ether oxygens (including phenoxy) is 1. The maximum absolute atomic E-state index is 14.5. The maximum Gasteiger partial charge on any atom is 0.407 e. The molecule has 4 N–H and O–H groups in total. The standard InChI is InChI=1S/C40H52N4O6S/c1-26(2)22-34(42-39(49)50-25-32-30-18-12-10-16-28(30)29-17-11-13-19-31(29)32)38(48)44(23-27-14-8-7-9-15-27)35(24-45)37(47)41-33(20-21-51-6)36(46)43-40(3,4)5/h7-19,26,32-35,45H,20-25H2,1-6H3,(H,41,47)(H,42,49)(H,43,46)/t33-,34-,35-/m0/s1. The van der Waals surface area contributed by atoms with E-state index in [1.165, 1.54) is 4.90 Å². The minimum Gasteiger partial charge on any atom is -0.449 e. The number of aliphatic hydroxyl groups is 1. The van der Waals surface area contributed by atoms with Crippen molar-refractivity contribution in [3.63, 3.8) is 0 Å². The zero-order valence-electron chi connectivity index (χ0n) is 30.5. The first-order valence-corrected chi connectivity index (χ1v) is 18.9. The van der Waals surface area contributed by atoms with Crippen molar-refractivity contribution >= 4 is 35.6 Å². The largest absolute Gasteiger partial charge is 0.449 e. The first-order valence-electron chi connectivity index (χ1n) is 17.5. The second kappa shape index (κ2) is 18.2. The minimum absolute atomic E-state index is 0.00941. The molecule has 10 nitrogen and oxygen atoms in total. The predicted molar refractivity (Wildman–Crippen MR) is 202 cm³/mol. The molecule has 4 rings (SSSR count). The van der Waals surface area contributed by atoms with Crippen LogP contribution in [0.15, 0.2) is 78.9 Å². The van der Waals surface area contributed by atoms with E-state index in [4.69, 9.17) is 4.74 Å². The molecule has 3 aromatic carbocycles. The number of thioether (sulfide) groups is 1. The molecule has 3 aromatic rings. The molecule has 3 atom stereocenters. The van der Waals surface area contributed by atoms with Gasteiger partial charge in [-0.2, -0.15) is 11.8 Å². The lowest BCUT2D eigenvalue weighted by Crippen LogP contribution is -2.60. The van der Waals surface area contributed by atoms with E-state index in [1.54, 1.807) is 11.8 Å². The van der Waals surface area contributed by atoms with Crippen molar-refractivity contribution < 1.29 is 29.0 Å². The molecule has 0 spiro atoms. The number of benzene rings is 3. The summed E-state index contributed by atoms with van der Waals surface area (Å²) < 4.78 is 5.79. The Morgan fingerprint density at radius 2 is 1.43 bits per heavy atom. The summed E-state index contributed by atoms with van der Waals surface area (Å²) in [6, 6.07) is 21.9. The second-order valence-electron chi connectivity index (χ2n) is 14.4. The zero-order valence-corrected chi connectivity index (χ0v) is 31.3. The summed E-state index contributed by atoms with van der Waals surface area (Å²) >= 11 is 1.54. The summed E-state index contributed by atoms with van der Waals surface area (Å²) in [5, 5.41) is 19.2. The third-order valence-corrected chi connectivity index (χ3v) is 9.36. The van der Waals surface area contributed by atoms with Gasteiger partial charge in [-0.25, -0.2) is 4.79 Å². The molecule has 4 amide bonds. The number of aliphatic hydroxyl groups excluding tert-OH is 1. The number of hydrogen-bond donors (Lipinski definition) is 4. The van der Waals surface area contributed by atoms with E-state index in [0.717, 1.165) is 27.8 Å². The highest BCUT2D eigenvalue weighted by atomic mass is 32.2. The predicted octanol–water partition coefficient (Wildman–Crippen LogP) is 5.48. The Labute approximate surface area is 306 Å². The van der Waals surface area contributed by atoms with E-state index in [2.05, 4.69) is 28.1 Å². The van der Waals surface area contributed by atoms with Gasteiger partial charge < -0.3 is 30.7 Å². The van der Waals surface area contributed by atoms with Gasteiger partial charge in [-0.3, -0.25) is 14.4 Å². The molecule has 0 bridgehead atoms. The first kappa shape index (κ1) is 39.4. The van der Waals surface area contributed by atoms with Gasteiger partial charge >= 0.3 is 6.09 Å². The van der Waals surface area contributed by atoms with Crippen LogP contribution >= 0.6 is 11.8 Å². The number of amides is 4. The summed E-state index contributed by atoms with van der Waals surface area (Å²) in [5.74, 6) is -1.12. The van der Waals surface area contributed by atoms with Crippen LogP contribution < -0.4 is 16.0 Å². The lowest BCUT2D eigenvalue weighted by molar-refractivity contribution is -0.145. The highest BCUT2D eigenvalue weighted by molar-refractivity contribution is 7.98.